The Bertz CT molecular complexity index is 965. The second-order valence-electron chi connectivity index (χ2n) is 6.65. The van der Waals surface area contributed by atoms with Crippen LogP contribution in [0.15, 0.2) is 48.5 Å². The monoisotopic (exact) mass is 366 g/mol. The van der Waals surface area contributed by atoms with Gasteiger partial charge in [-0.25, -0.2) is 9.07 Å². The fraction of sp³-hybridized carbons (Fsp3) is 0.250. The molecular weight excluding hydrogens is 347 g/mol. The Hall–Kier alpha value is -3.22. The first kappa shape index (κ1) is 17.2. The normalized spacial score (nSPS) is 13.5. The highest BCUT2D eigenvalue weighted by Crippen LogP contribution is 2.30. The molecule has 1 aromatic heterocycles. The SMILES string of the molecule is O=[N+]([O-])c1ccc(-n2nc(Cc3ccc(F)cc3)c3c2NCCCC3)cc1. The molecule has 1 N–H and O–H groups in total. The van der Waals surface area contributed by atoms with Crippen molar-refractivity contribution in [3.8, 4) is 5.69 Å². The second kappa shape index (κ2) is 7.19. The molecule has 0 bridgehead atoms. The minimum Gasteiger partial charge on any atom is -0.370 e. The van der Waals surface area contributed by atoms with Gasteiger partial charge in [-0.2, -0.15) is 5.10 Å². The molecule has 0 aliphatic carbocycles. The van der Waals surface area contributed by atoms with Crippen molar-refractivity contribution in [3.63, 3.8) is 0 Å². The van der Waals surface area contributed by atoms with Gasteiger partial charge in [0.25, 0.3) is 5.69 Å². The number of halogens is 1. The fourth-order valence-corrected chi connectivity index (χ4v) is 3.41. The van der Waals surface area contributed by atoms with Crippen molar-refractivity contribution in [2.75, 3.05) is 11.9 Å². The van der Waals surface area contributed by atoms with Crippen molar-refractivity contribution in [2.45, 2.75) is 25.7 Å². The van der Waals surface area contributed by atoms with Crippen LogP contribution in [0, 0.1) is 15.9 Å². The lowest BCUT2D eigenvalue weighted by molar-refractivity contribution is -0.384. The molecule has 0 unspecified atom stereocenters. The molecule has 0 saturated heterocycles. The van der Waals surface area contributed by atoms with Crippen LogP contribution in [0.4, 0.5) is 15.9 Å². The smallest absolute Gasteiger partial charge is 0.269 e. The summed E-state index contributed by atoms with van der Waals surface area (Å²) in [4.78, 5) is 10.5. The number of benzene rings is 2. The van der Waals surface area contributed by atoms with Gasteiger partial charge in [0.2, 0.25) is 0 Å². The van der Waals surface area contributed by atoms with Crippen LogP contribution in [-0.4, -0.2) is 21.2 Å². The summed E-state index contributed by atoms with van der Waals surface area (Å²) in [5, 5.41) is 19.1. The van der Waals surface area contributed by atoms with E-state index >= 15 is 0 Å². The van der Waals surface area contributed by atoms with Crippen molar-refractivity contribution in [1.82, 2.24) is 9.78 Å². The first-order valence-electron chi connectivity index (χ1n) is 8.96. The molecule has 0 saturated carbocycles. The molecule has 3 aromatic rings. The Kier molecular flexibility index (Phi) is 4.58. The van der Waals surface area contributed by atoms with Crippen LogP contribution in [0.3, 0.4) is 0 Å². The minimum atomic E-state index is -0.411. The van der Waals surface area contributed by atoms with Gasteiger partial charge < -0.3 is 5.32 Å². The van der Waals surface area contributed by atoms with Crippen molar-refractivity contribution in [1.29, 1.82) is 0 Å². The van der Waals surface area contributed by atoms with Gasteiger partial charge in [-0.1, -0.05) is 12.1 Å². The zero-order chi connectivity index (χ0) is 18.8. The maximum atomic E-state index is 13.2. The van der Waals surface area contributed by atoms with Gasteiger partial charge in [0.05, 0.1) is 16.3 Å². The molecule has 0 fully saturated rings. The molecule has 0 atom stereocenters. The molecule has 27 heavy (non-hydrogen) atoms. The first-order valence-corrected chi connectivity index (χ1v) is 8.96. The van der Waals surface area contributed by atoms with Crippen LogP contribution >= 0.6 is 0 Å². The van der Waals surface area contributed by atoms with Crippen molar-refractivity contribution < 1.29 is 9.31 Å². The van der Waals surface area contributed by atoms with Gasteiger partial charge in [-0.15, -0.1) is 0 Å². The Balaban J connectivity index is 1.74. The molecule has 7 heteroatoms. The highest BCUT2D eigenvalue weighted by molar-refractivity contribution is 5.56. The van der Waals surface area contributed by atoms with Crippen LogP contribution in [0.1, 0.15) is 29.7 Å². The molecule has 1 aliphatic rings. The molecule has 1 aliphatic heterocycles. The highest BCUT2D eigenvalue weighted by atomic mass is 19.1. The highest BCUT2D eigenvalue weighted by Gasteiger charge is 2.21. The molecule has 4 rings (SSSR count). The summed E-state index contributed by atoms with van der Waals surface area (Å²) < 4.78 is 15.0. The maximum absolute atomic E-state index is 13.2. The number of anilines is 1. The number of nitro groups is 1. The fourth-order valence-electron chi connectivity index (χ4n) is 3.41. The van der Waals surface area contributed by atoms with E-state index in [9.17, 15) is 14.5 Å². The van der Waals surface area contributed by atoms with Crippen LogP contribution < -0.4 is 5.32 Å². The third-order valence-corrected chi connectivity index (χ3v) is 4.80. The van der Waals surface area contributed by atoms with E-state index in [0.717, 1.165) is 54.1 Å². The molecule has 138 valence electrons. The van der Waals surface area contributed by atoms with Crippen LogP contribution in [0.25, 0.3) is 5.69 Å². The van der Waals surface area contributed by atoms with E-state index < -0.39 is 4.92 Å². The summed E-state index contributed by atoms with van der Waals surface area (Å²) in [7, 11) is 0. The van der Waals surface area contributed by atoms with Gasteiger partial charge in [-0.3, -0.25) is 10.1 Å². The standard InChI is InChI=1S/C20H19FN4O2/c21-15-6-4-14(5-7-15)13-19-18-3-1-2-12-22-20(18)24(23-19)16-8-10-17(11-9-16)25(26)27/h4-11,22H,1-3,12-13H2. The zero-order valence-electron chi connectivity index (χ0n) is 14.7. The predicted octanol–water partition coefficient (Wildman–Crippen LogP) is 4.26. The molecule has 0 amide bonds. The lowest BCUT2D eigenvalue weighted by Crippen LogP contribution is -2.07. The molecule has 2 heterocycles. The predicted molar refractivity (Wildman–Crippen MR) is 101 cm³/mol. The lowest BCUT2D eigenvalue weighted by atomic mass is 10.0. The average molecular weight is 366 g/mol. The van der Waals surface area contributed by atoms with Crippen molar-refractivity contribution in [2.24, 2.45) is 0 Å². The van der Waals surface area contributed by atoms with E-state index in [1.807, 2.05) is 4.68 Å². The van der Waals surface area contributed by atoms with Gasteiger partial charge >= 0.3 is 0 Å². The number of hydrogen-bond acceptors (Lipinski definition) is 4. The van der Waals surface area contributed by atoms with Gasteiger partial charge in [0.15, 0.2) is 0 Å². The molecule has 2 aromatic carbocycles. The van der Waals surface area contributed by atoms with Crippen molar-refractivity contribution in [3.05, 3.63) is 81.3 Å². The van der Waals surface area contributed by atoms with E-state index in [4.69, 9.17) is 5.10 Å². The molecule has 6 nitrogen and oxygen atoms in total. The van der Waals surface area contributed by atoms with Crippen LogP contribution in [0.2, 0.25) is 0 Å². The van der Waals surface area contributed by atoms with E-state index in [1.54, 1.807) is 24.3 Å². The Morgan fingerprint density at radius 3 is 2.56 bits per heavy atom. The van der Waals surface area contributed by atoms with Gasteiger partial charge in [0.1, 0.15) is 11.6 Å². The number of rotatable bonds is 4. The Morgan fingerprint density at radius 2 is 1.85 bits per heavy atom. The summed E-state index contributed by atoms with van der Waals surface area (Å²) >= 11 is 0. The number of hydrogen-bond donors (Lipinski definition) is 1. The summed E-state index contributed by atoms with van der Waals surface area (Å²) in [6.07, 6.45) is 3.68. The summed E-state index contributed by atoms with van der Waals surface area (Å²) in [6.45, 7) is 0.863. The number of nitrogens with zero attached hydrogens (tertiary/aromatic N) is 3. The third-order valence-electron chi connectivity index (χ3n) is 4.80. The largest absolute Gasteiger partial charge is 0.370 e. The number of fused-ring (bicyclic) bond motifs is 1. The van der Waals surface area contributed by atoms with E-state index in [2.05, 4.69) is 5.32 Å². The number of nitro benzene ring substituents is 1. The van der Waals surface area contributed by atoms with Crippen molar-refractivity contribution >= 4 is 11.5 Å². The second-order valence-corrected chi connectivity index (χ2v) is 6.65. The Morgan fingerprint density at radius 1 is 1.11 bits per heavy atom. The topological polar surface area (TPSA) is 73.0 Å². The van der Waals surface area contributed by atoms with Gasteiger partial charge in [0, 0.05) is 30.7 Å². The summed E-state index contributed by atoms with van der Waals surface area (Å²) in [5.41, 5.74) is 3.93. The summed E-state index contributed by atoms with van der Waals surface area (Å²) in [5.74, 6) is 0.689. The van der Waals surface area contributed by atoms with E-state index in [0.29, 0.717) is 6.42 Å². The third kappa shape index (κ3) is 3.53. The minimum absolute atomic E-state index is 0.0523. The van der Waals surface area contributed by atoms with Crippen LogP contribution in [0.5, 0.6) is 0 Å². The molecule has 0 radical (unpaired) electrons. The molecule has 0 spiro atoms. The average Bonchev–Trinajstić information content (AvgIpc) is 2.85. The van der Waals surface area contributed by atoms with Crippen LogP contribution in [-0.2, 0) is 12.8 Å². The number of non-ortho nitro benzene ring substituents is 1. The van der Waals surface area contributed by atoms with Gasteiger partial charge in [-0.05, 0) is 49.1 Å². The Labute approximate surface area is 155 Å². The quantitative estimate of drug-likeness (QED) is 0.553. The number of nitrogens with one attached hydrogen (secondary N) is 1. The lowest BCUT2D eigenvalue weighted by Gasteiger charge is -2.09. The van der Waals surface area contributed by atoms with E-state index in [1.165, 1.54) is 24.3 Å². The zero-order valence-corrected chi connectivity index (χ0v) is 14.7. The maximum Gasteiger partial charge on any atom is 0.269 e. The number of aromatic nitrogens is 2. The van der Waals surface area contributed by atoms with E-state index in [-0.39, 0.29) is 11.5 Å². The molecular formula is C20H19FN4O2. The summed E-state index contributed by atoms with van der Waals surface area (Å²) in [6, 6.07) is 12.9. The first-order chi connectivity index (χ1) is 13.1.